The molecule has 0 aliphatic rings. The van der Waals surface area contributed by atoms with Crippen molar-refractivity contribution < 1.29 is 4.39 Å². The van der Waals surface area contributed by atoms with E-state index in [-0.39, 0.29) is 11.2 Å². The van der Waals surface area contributed by atoms with Gasteiger partial charge in [-0.15, -0.1) is 0 Å². The Morgan fingerprint density at radius 3 is 2.63 bits per heavy atom. The lowest BCUT2D eigenvalue weighted by Gasteiger charge is -2.31. The summed E-state index contributed by atoms with van der Waals surface area (Å²) in [7, 11) is 0. The SMILES string of the molecule is CCN(Cc1cc(F)ccc1C#N)CC(C)(C)CN. The minimum absolute atomic E-state index is 0.0101. The lowest BCUT2D eigenvalue weighted by atomic mass is 9.92. The summed E-state index contributed by atoms with van der Waals surface area (Å²) in [6.07, 6.45) is 0. The molecule has 0 unspecified atom stereocenters. The molecule has 0 fully saturated rings. The van der Waals surface area contributed by atoms with Crippen LogP contribution >= 0.6 is 0 Å². The first-order valence-electron chi connectivity index (χ1n) is 6.53. The number of benzene rings is 1. The van der Waals surface area contributed by atoms with Crippen LogP contribution in [0.5, 0.6) is 0 Å². The molecule has 0 bridgehead atoms. The molecule has 0 spiro atoms. The van der Waals surface area contributed by atoms with Crippen molar-refractivity contribution in [1.29, 1.82) is 5.26 Å². The van der Waals surface area contributed by atoms with Crippen LogP contribution in [0, 0.1) is 22.6 Å². The molecule has 1 aromatic carbocycles. The van der Waals surface area contributed by atoms with Gasteiger partial charge in [0, 0.05) is 13.1 Å². The lowest BCUT2D eigenvalue weighted by molar-refractivity contribution is 0.183. The van der Waals surface area contributed by atoms with Crippen molar-refractivity contribution in [2.45, 2.75) is 27.3 Å². The van der Waals surface area contributed by atoms with Crippen molar-refractivity contribution in [3.05, 3.63) is 35.1 Å². The van der Waals surface area contributed by atoms with E-state index in [9.17, 15) is 4.39 Å². The zero-order valence-electron chi connectivity index (χ0n) is 11.9. The van der Waals surface area contributed by atoms with Crippen LogP contribution in [0.15, 0.2) is 18.2 Å². The summed E-state index contributed by atoms with van der Waals surface area (Å²) >= 11 is 0. The monoisotopic (exact) mass is 263 g/mol. The van der Waals surface area contributed by atoms with E-state index in [0.717, 1.165) is 18.7 Å². The topological polar surface area (TPSA) is 53.0 Å². The molecule has 0 radical (unpaired) electrons. The highest BCUT2D eigenvalue weighted by molar-refractivity contribution is 5.37. The molecule has 0 saturated carbocycles. The van der Waals surface area contributed by atoms with Crippen molar-refractivity contribution in [3.63, 3.8) is 0 Å². The van der Waals surface area contributed by atoms with Crippen LogP contribution in [0.1, 0.15) is 31.9 Å². The Kier molecular flexibility index (Phi) is 5.46. The van der Waals surface area contributed by atoms with Crippen LogP contribution in [0.2, 0.25) is 0 Å². The Bertz CT molecular complexity index is 463. The molecule has 2 N–H and O–H groups in total. The average molecular weight is 263 g/mol. The van der Waals surface area contributed by atoms with E-state index in [1.165, 1.54) is 18.2 Å². The maximum absolute atomic E-state index is 13.3. The summed E-state index contributed by atoms with van der Waals surface area (Å²) in [6, 6.07) is 6.41. The molecule has 0 atom stereocenters. The van der Waals surface area contributed by atoms with E-state index in [4.69, 9.17) is 11.0 Å². The summed E-state index contributed by atoms with van der Waals surface area (Å²) in [4.78, 5) is 2.18. The fraction of sp³-hybridized carbons (Fsp3) is 0.533. The van der Waals surface area contributed by atoms with E-state index < -0.39 is 0 Å². The van der Waals surface area contributed by atoms with Crippen LogP contribution in [-0.4, -0.2) is 24.5 Å². The average Bonchev–Trinajstić information content (AvgIpc) is 2.38. The van der Waals surface area contributed by atoms with Gasteiger partial charge in [-0.1, -0.05) is 20.8 Å². The fourth-order valence-electron chi connectivity index (χ4n) is 1.99. The van der Waals surface area contributed by atoms with Crippen molar-refractivity contribution >= 4 is 0 Å². The van der Waals surface area contributed by atoms with E-state index in [0.29, 0.717) is 18.7 Å². The Labute approximate surface area is 114 Å². The van der Waals surface area contributed by atoms with Crippen molar-refractivity contribution in [1.82, 2.24) is 4.90 Å². The van der Waals surface area contributed by atoms with Crippen LogP contribution in [0.25, 0.3) is 0 Å². The molecule has 19 heavy (non-hydrogen) atoms. The number of nitrogens with two attached hydrogens (primary N) is 1. The molecule has 1 aromatic rings. The fourth-order valence-corrected chi connectivity index (χ4v) is 1.99. The van der Waals surface area contributed by atoms with Gasteiger partial charge in [0.1, 0.15) is 5.82 Å². The smallest absolute Gasteiger partial charge is 0.123 e. The number of nitriles is 1. The molecular formula is C15H22FN3. The molecule has 0 heterocycles. The Balaban J connectivity index is 2.87. The highest BCUT2D eigenvalue weighted by Gasteiger charge is 2.20. The lowest BCUT2D eigenvalue weighted by Crippen LogP contribution is -2.38. The molecule has 1 rings (SSSR count). The second kappa shape index (κ2) is 6.65. The van der Waals surface area contributed by atoms with Gasteiger partial charge in [-0.3, -0.25) is 4.90 Å². The number of hydrogen-bond acceptors (Lipinski definition) is 3. The number of halogens is 1. The first kappa shape index (κ1) is 15.6. The van der Waals surface area contributed by atoms with Gasteiger partial charge in [-0.05, 0) is 42.3 Å². The largest absolute Gasteiger partial charge is 0.330 e. The summed E-state index contributed by atoms with van der Waals surface area (Å²) < 4.78 is 13.3. The summed E-state index contributed by atoms with van der Waals surface area (Å²) in [5.74, 6) is -0.303. The normalized spacial score (nSPS) is 11.6. The van der Waals surface area contributed by atoms with Gasteiger partial charge in [0.05, 0.1) is 11.6 Å². The number of rotatable bonds is 6. The highest BCUT2D eigenvalue weighted by Crippen LogP contribution is 2.18. The van der Waals surface area contributed by atoms with Gasteiger partial charge in [0.25, 0.3) is 0 Å². The zero-order valence-corrected chi connectivity index (χ0v) is 11.9. The van der Waals surface area contributed by atoms with Gasteiger partial charge in [-0.2, -0.15) is 5.26 Å². The van der Waals surface area contributed by atoms with E-state index in [2.05, 4.69) is 31.7 Å². The minimum atomic E-state index is -0.303. The number of nitrogens with zero attached hydrogens (tertiary/aromatic N) is 2. The van der Waals surface area contributed by atoms with Gasteiger partial charge < -0.3 is 5.73 Å². The maximum atomic E-state index is 13.3. The second-order valence-corrected chi connectivity index (χ2v) is 5.58. The maximum Gasteiger partial charge on any atom is 0.123 e. The molecule has 104 valence electrons. The standard InChI is InChI=1S/C15H22FN3/c1-4-19(11-15(2,3)10-18)9-13-7-14(16)6-5-12(13)8-17/h5-7H,4,9-11,18H2,1-3H3. The third-order valence-corrected chi connectivity index (χ3v) is 3.23. The molecule has 4 heteroatoms. The number of hydrogen-bond donors (Lipinski definition) is 1. The third-order valence-electron chi connectivity index (χ3n) is 3.23. The molecule has 0 aliphatic heterocycles. The second-order valence-electron chi connectivity index (χ2n) is 5.58. The van der Waals surface area contributed by atoms with Gasteiger partial charge >= 0.3 is 0 Å². The van der Waals surface area contributed by atoms with Crippen molar-refractivity contribution in [2.24, 2.45) is 11.1 Å². The first-order valence-corrected chi connectivity index (χ1v) is 6.53. The minimum Gasteiger partial charge on any atom is -0.330 e. The Morgan fingerprint density at radius 1 is 1.42 bits per heavy atom. The van der Waals surface area contributed by atoms with Crippen molar-refractivity contribution in [2.75, 3.05) is 19.6 Å². The Morgan fingerprint density at radius 2 is 2.11 bits per heavy atom. The van der Waals surface area contributed by atoms with Gasteiger partial charge in [0.15, 0.2) is 0 Å². The highest BCUT2D eigenvalue weighted by atomic mass is 19.1. The van der Waals surface area contributed by atoms with Gasteiger partial charge in [-0.25, -0.2) is 4.39 Å². The van der Waals surface area contributed by atoms with Crippen LogP contribution in [0.4, 0.5) is 4.39 Å². The van der Waals surface area contributed by atoms with E-state index >= 15 is 0 Å². The molecule has 0 saturated heterocycles. The molecule has 3 nitrogen and oxygen atoms in total. The molecule has 0 aliphatic carbocycles. The zero-order chi connectivity index (χ0) is 14.5. The Hall–Kier alpha value is -1.44. The van der Waals surface area contributed by atoms with E-state index in [1.54, 1.807) is 0 Å². The van der Waals surface area contributed by atoms with Crippen LogP contribution in [0.3, 0.4) is 0 Å². The predicted molar refractivity (Wildman–Crippen MR) is 74.9 cm³/mol. The summed E-state index contributed by atoms with van der Waals surface area (Å²) in [6.45, 7) is 9.08. The van der Waals surface area contributed by atoms with Crippen molar-refractivity contribution in [3.8, 4) is 6.07 Å². The summed E-state index contributed by atoms with van der Waals surface area (Å²) in [5, 5.41) is 9.06. The molecular weight excluding hydrogens is 241 g/mol. The molecule has 0 aromatic heterocycles. The molecule has 0 amide bonds. The quantitative estimate of drug-likeness (QED) is 0.858. The van der Waals surface area contributed by atoms with E-state index in [1.807, 2.05) is 0 Å². The van der Waals surface area contributed by atoms with Crippen LogP contribution < -0.4 is 5.73 Å². The third kappa shape index (κ3) is 4.62. The summed E-state index contributed by atoms with van der Waals surface area (Å²) in [5.41, 5.74) is 7.02. The van der Waals surface area contributed by atoms with Crippen LogP contribution in [-0.2, 0) is 6.54 Å². The predicted octanol–water partition coefficient (Wildman–Crippen LogP) is 2.50. The first-order chi connectivity index (χ1) is 8.91. The van der Waals surface area contributed by atoms with Gasteiger partial charge in [0.2, 0.25) is 0 Å².